The zero-order chi connectivity index (χ0) is 13.1. The van der Waals surface area contributed by atoms with E-state index < -0.39 is 0 Å². The highest BCUT2D eigenvalue weighted by atomic mass is 16.1. The van der Waals surface area contributed by atoms with Crippen LogP contribution in [0.4, 0.5) is 11.5 Å². The summed E-state index contributed by atoms with van der Waals surface area (Å²) in [5, 5.41) is 2.82. The second-order valence-electron chi connectivity index (χ2n) is 5.05. The van der Waals surface area contributed by atoms with Gasteiger partial charge in [-0.05, 0) is 30.9 Å². The van der Waals surface area contributed by atoms with Crippen LogP contribution in [0.15, 0.2) is 18.3 Å². The van der Waals surface area contributed by atoms with E-state index in [0.29, 0.717) is 18.0 Å². The number of hydrogen-bond acceptors (Lipinski definition) is 4. The van der Waals surface area contributed by atoms with Crippen molar-refractivity contribution in [2.75, 3.05) is 24.3 Å². The molecule has 18 heavy (non-hydrogen) atoms. The quantitative estimate of drug-likeness (QED) is 0.821. The van der Waals surface area contributed by atoms with Crippen molar-refractivity contribution in [2.24, 2.45) is 11.7 Å². The van der Waals surface area contributed by atoms with Crippen molar-refractivity contribution in [1.29, 1.82) is 0 Å². The molecule has 0 saturated heterocycles. The van der Waals surface area contributed by atoms with Gasteiger partial charge in [0.15, 0.2) is 0 Å². The normalized spacial score (nSPS) is 16.2. The summed E-state index contributed by atoms with van der Waals surface area (Å²) in [6.07, 6.45) is 4.37. The number of nitrogens with zero attached hydrogens (tertiary/aromatic N) is 2. The van der Waals surface area contributed by atoms with Gasteiger partial charge in [0.05, 0.1) is 11.9 Å². The molecule has 1 fully saturated rings. The van der Waals surface area contributed by atoms with E-state index in [9.17, 15) is 4.79 Å². The monoisotopic (exact) mass is 248 g/mol. The first kappa shape index (κ1) is 12.8. The molecule has 1 aliphatic carbocycles. The number of nitrogens with two attached hydrogens (primary N) is 1. The Morgan fingerprint density at radius 1 is 1.56 bits per heavy atom. The molecule has 1 amide bonds. The van der Waals surface area contributed by atoms with Crippen LogP contribution in [0.1, 0.15) is 19.3 Å². The van der Waals surface area contributed by atoms with Crippen molar-refractivity contribution in [3.8, 4) is 0 Å². The van der Waals surface area contributed by atoms with Crippen LogP contribution in [0.3, 0.4) is 0 Å². The van der Waals surface area contributed by atoms with Crippen LogP contribution in [0.2, 0.25) is 0 Å². The number of amides is 1. The largest absolute Gasteiger partial charge is 0.363 e. The van der Waals surface area contributed by atoms with Crippen molar-refractivity contribution in [3.05, 3.63) is 18.3 Å². The lowest BCUT2D eigenvalue weighted by Gasteiger charge is -2.13. The predicted molar refractivity (Wildman–Crippen MR) is 72.5 cm³/mol. The molecule has 0 aromatic carbocycles. The van der Waals surface area contributed by atoms with Gasteiger partial charge in [0, 0.05) is 26.6 Å². The number of carbonyl (C=O) groups excluding carboxylic acids is 1. The van der Waals surface area contributed by atoms with Gasteiger partial charge in [-0.2, -0.15) is 0 Å². The molecule has 1 aromatic rings. The predicted octanol–water partition coefficient (Wildman–Crippen LogP) is 1.21. The number of nitrogens with one attached hydrogen (secondary N) is 1. The molecule has 3 N–H and O–H groups in total. The van der Waals surface area contributed by atoms with Crippen LogP contribution >= 0.6 is 0 Å². The zero-order valence-corrected chi connectivity index (χ0v) is 10.9. The van der Waals surface area contributed by atoms with Crippen molar-refractivity contribution in [2.45, 2.75) is 25.3 Å². The molecule has 0 aliphatic heterocycles. The molecule has 1 heterocycles. The van der Waals surface area contributed by atoms with Crippen molar-refractivity contribution < 1.29 is 4.79 Å². The third-order valence-corrected chi connectivity index (χ3v) is 3.14. The van der Waals surface area contributed by atoms with E-state index in [1.165, 1.54) is 0 Å². The number of anilines is 2. The molecule has 1 aromatic heterocycles. The zero-order valence-electron chi connectivity index (χ0n) is 10.9. The summed E-state index contributed by atoms with van der Waals surface area (Å²) in [6.45, 7) is 0. The van der Waals surface area contributed by atoms with Gasteiger partial charge < -0.3 is 16.0 Å². The van der Waals surface area contributed by atoms with Crippen LogP contribution < -0.4 is 16.0 Å². The summed E-state index contributed by atoms with van der Waals surface area (Å²) >= 11 is 0. The van der Waals surface area contributed by atoms with E-state index in [4.69, 9.17) is 5.73 Å². The van der Waals surface area contributed by atoms with E-state index in [1.807, 2.05) is 31.1 Å². The van der Waals surface area contributed by atoms with Gasteiger partial charge >= 0.3 is 0 Å². The van der Waals surface area contributed by atoms with E-state index in [0.717, 1.165) is 18.7 Å². The average Bonchev–Trinajstić information content (AvgIpc) is 3.13. The van der Waals surface area contributed by atoms with Gasteiger partial charge in [-0.25, -0.2) is 4.98 Å². The molecule has 1 atom stereocenters. The number of aromatic nitrogens is 1. The second-order valence-corrected chi connectivity index (χ2v) is 5.05. The number of rotatable bonds is 5. The highest BCUT2D eigenvalue weighted by Crippen LogP contribution is 2.32. The molecule has 2 rings (SSSR count). The summed E-state index contributed by atoms with van der Waals surface area (Å²) in [4.78, 5) is 17.9. The summed E-state index contributed by atoms with van der Waals surface area (Å²) in [7, 11) is 3.85. The fourth-order valence-corrected chi connectivity index (χ4v) is 1.84. The molecule has 1 aliphatic rings. The van der Waals surface area contributed by atoms with Crippen molar-refractivity contribution in [3.63, 3.8) is 0 Å². The standard InChI is InChI=1S/C13H20N4O/c1-17(2)12-6-5-10(8-15-12)16-13(18)7-11(14)9-3-4-9/h5-6,8-9,11H,3-4,7,14H2,1-2H3,(H,16,18). The Hall–Kier alpha value is -1.62. The molecular formula is C13H20N4O. The lowest BCUT2D eigenvalue weighted by molar-refractivity contribution is -0.116. The van der Waals surface area contributed by atoms with Crippen LogP contribution in [0.25, 0.3) is 0 Å². The maximum absolute atomic E-state index is 11.7. The molecule has 98 valence electrons. The van der Waals surface area contributed by atoms with Gasteiger partial charge in [-0.15, -0.1) is 0 Å². The second kappa shape index (κ2) is 5.35. The lowest BCUT2D eigenvalue weighted by Crippen LogP contribution is -2.28. The van der Waals surface area contributed by atoms with Crippen LogP contribution in [-0.4, -0.2) is 31.0 Å². The lowest BCUT2D eigenvalue weighted by atomic mass is 10.1. The first-order chi connectivity index (χ1) is 8.56. The summed E-state index contributed by atoms with van der Waals surface area (Å²) in [5.74, 6) is 1.38. The van der Waals surface area contributed by atoms with Gasteiger partial charge in [0.2, 0.25) is 5.91 Å². The summed E-state index contributed by atoms with van der Waals surface area (Å²) in [5.41, 5.74) is 6.63. The SMILES string of the molecule is CN(C)c1ccc(NC(=O)CC(N)C2CC2)cn1. The van der Waals surface area contributed by atoms with Crippen LogP contribution in [0, 0.1) is 5.92 Å². The topological polar surface area (TPSA) is 71.2 Å². The highest BCUT2D eigenvalue weighted by Gasteiger charge is 2.29. The van der Waals surface area contributed by atoms with E-state index in [-0.39, 0.29) is 11.9 Å². The van der Waals surface area contributed by atoms with Crippen LogP contribution in [-0.2, 0) is 4.79 Å². The van der Waals surface area contributed by atoms with Gasteiger partial charge in [0.25, 0.3) is 0 Å². The molecule has 5 nitrogen and oxygen atoms in total. The first-order valence-electron chi connectivity index (χ1n) is 6.25. The molecule has 0 spiro atoms. The Bertz CT molecular complexity index is 412. The maximum atomic E-state index is 11.7. The minimum Gasteiger partial charge on any atom is -0.363 e. The molecule has 0 bridgehead atoms. The number of pyridine rings is 1. The summed E-state index contributed by atoms with van der Waals surface area (Å²) < 4.78 is 0. The fourth-order valence-electron chi connectivity index (χ4n) is 1.84. The molecule has 0 radical (unpaired) electrons. The number of hydrogen-bond donors (Lipinski definition) is 2. The van der Waals surface area contributed by atoms with E-state index in [2.05, 4.69) is 10.3 Å². The Morgan fingerprint density at radius 2 is 2.28 bits per heavy atom. The minimum absolute atomic E-state index is 0.000919. The average molecular weight is 248 g/mol. The molecule has 1 unspecified atom stereocenters. The maximum Gasteiger partial charge on any atom is 0.225 e. The summed E-state index contributed by atoms with van der Waals surface area (Å²) in [6, 6.07) is 3.72. The highest BCUT2D eigenvalue weighted by molar-refractivity contribution is 5.91. The Balaban J connectivity index is 1.86. The Labute approximate surface area is 107 Å². The van der Waals surface area contributed by atoms with Crippen molar-refractivity contribution >= 4 is 17.4 Å². The van der Waals surface area contributed by atoms with Gasteiger partial charge in [-0.3, -0.25) is 4.79 Å². The minimum atomic E-state index is -0.0335. The smallest absolute Gasteiger partial charge is 0.225 e. The van der Waals surface area contributed by atoms with Crippen LogP contribution in [0.5, 0.6) is 0 Å². The first-order valence-corrected chi connectivity index (χ1v) is 6.25. The van der Waals surface area contributed by atoms with Gasteiger partial charge in [-0.1, -0.05) is 0 Å². The fraction of sp³-hybridized carbons (Fsp3) is 0.538. The van der Waals surface area contributed by atoms with E-state index in [1.54, 1.807) is 6.20 Å². The Kier molecular flexibility index (Phi) is 3.81. The Morgan fingerprint density at radius 3 is 2.78 bits per heavy atom. The van der Waals surface area contributed by atoms with E-state index >= 15 is 0 Å². The molecule has 1 saturated carbocycles. The number of carbonyl (C=O) groups is 1. The van der Waals surface area contributed by atoms with Gasteiger partial charge in [0.1, 0.15) is 5.82 Å². The van der Waals surface area contributed by atoms with Crippen molar-refractivity contribution in [1.82, 2.24) is 4.98 Å². The third kappa shape index (κ3) is 3.43. The molecular weight excluding hydrogens is 228 g/mol. The molecule has 5 heteroatoms. The third-order valence-electron chi connectivity index (χ3n) is 3.14.